The molecule has 1 amide bonds. The highest BCUT2D eigenvalue weighted by Gasteiger charge is 2.19. The Kier molecular flexibility index (Phi) is 6.49. The first-order valence-electron chi connectivity index (χ1n) is 10.5. The summed E-state index contributed by atoms with van der Waals surface area (Å²) in [6, 6.07) is 16.2. The summed E-state index contributed by atoms with van der Waals surface area (Å²) < 4.78 is 5.41. The van der Waals surface area contributed by atoms with Gasteiger partial charge in [0, 0.05) is 23.5 Å². The smallest absolute Gasteiger partial charge is 0.267 e. The molecule has 0 atom stereocenters. The van der Waals surface area contributed by atoms with E-state index in [0.717, 1.165) is 58.9 Å². The zero-order valence-electron chi connectivity index (χ0n) is 18.1. The van der Waals surface area contributed by atoms with E-state index in [0.29, 0.717) is 0 Å². The van der Waals surface area contributed by atoms with E-state index in [1.54, 1.807) is 11.6 Å². The van der Waals surface area contributed by atoms with Crippen molar-refractivity contribution < 1.29 is 14.5 Å². The van der Waals surface area contributed by atoms with E-state index in [9.17, 15) is 4.79 Å². The second-order valence-electron chi connectivity index (χ2n) is 7.70. The molecule has 164 valence electrons. The van der Waals surface area contributed by atoms with Crippen molar-refractivity contribution in [1.82, 2.24) is 20.9 Å². The van der Waals surface area contributed by atoms with Crippen LogP contribution in [0.25, 0.3) is 28.2 Å². The second-order valence-corrected chi connectivity index (χ2v) is 7.70. The van der Waals surface area contributed by atoms with Crippen molar-refractivity contribution in [1.29, 1.82) is 0 Å². The number of hydrogen-bond acceptors (Lipinski definition) is 5. The molecule has 2 heterocycles. The van der Waals surface area contributed by atoms with Gasteiger partial charge in [0.25, 0.3) is 5.91 Å². The molecule has 32 heavy (non-hydrogen) atoms. The van der Waals surface area contributed by atoms with Crippen LogP contribution in [0.4, 0.5) is 0 Å². The molecule has 0 bridgehead atoms. The summed E-state index contributed by atoms with van der Waals surface area (Å²) in [6.45, 7) is 5.47. The Bertz CT molecular complexity index is 1230. The van der Waals surface area contributed by atoms with Crippen molar-refractivity contribution in [2.75, 3.05) is 6.54 Å². The van der Waals surface area contributed by atoms with Crippen LogP contribution in [0.15, 0.2) is 59.1 Å². The first-order valence-corrected chi connectivity index (χ1v) is 10.5. The van der Waals surface area contributed by atoms with Gasteiger partial charge in [-0.1, -0.05) is 47.6 Å². The van der Waals surface area contributed by atoms with Crippen LogP contribution in [0.1, 0.15) is 28.1 Å². The number of hydroxylamine groups is 1. The quantitative estimate of drug-likeness (QED) is 0.145. The molecule has 0 spiro atoms. The number of hydrogen-bond donors (Lipinski definition) is 4. The maximum Gasteiger partial charge on any atom is 0.267 e. The molecule has 4 rings (SSSR count). The van der Waals surface area contributed by atoms with E-state index in [-0.39, 0.29) is 0 Å². The number of amides is 1. The number of carbonyl (C=O) groups is 1. The molecular weight excluding hydrogens is 404 g/mol. The largest absolute Gasteiger partial charge is 0.361 e. The van der Waals surface area contributed by atoms with Crippen LogP contribution in [0, 0.1) is 13.8 Å². The zero-order chi connectivity index (χ0) is 22.5. The van der Waals surface area contributed by atoms with Gasteiger partial charge in [-0.2, -0.15) is 0 Å². The van der Waals surface area contributed by atoms with Crippen molar-refractivity contribution >= 4 is 22.9 Å². The van der Waals surface area contributed by atoms with E-state index in [2.05, 4.69) is 33.7 Å². The van der Waals surface area contributed by atoms with E-state index >= 15 is 0 Å². The predicted octanol–water partition coefficient (Wildman–Crippen LogP) is 4.29. The number of aromatic nitrogens is 2. The Labute approximate surface area is 186 Å². The molecule has 0 aliphatic rings. The Morgan fingerprint density at radius 1 is 1.16 bits per heavy atom. The van der Waals surface area contributed by atoms with Gasteiger partial charge in [-0.15, -0.1) is 0 Å². The van der Waals surface area contributed by atoms with Crippen LogP contribution in [0.2, 0.25) is 0 Å². The first kappa shape index (κ1) is 21.5. The van der Waals surface area contributed by atoms with Gasteiger partial charge in [0.15, 0.2) is 0 Å². The monoisotopic (exact) mass is 430 g/mol. The predicted molar refractivity (Wildman–Crippen MR) is 124 cm³/mol. The number of carbonyl (C=O) groups excluding carboxylic acids is 1. The lowest BCUT2D eigenvalue weighted by Crippen LogP contribution is -2.17. The summed E-state index contributed by atoms with van der Waals surface area (Å²) in [7, 11) is 0. The van der Waals surface area contributed by atoms with Crippen molar-refractivity contribution in [3.8, 4) is 11.3 Å². The molecule has 7 nitrogen and oxygen atoms in total. The number of para-hydroxylation sites is 1. The number of fused-ring (bicyclic) bond motifs is 1. The lowest BCUT2D eigenvalue weighted by Gasteiger charge is -2.08. The van der Waals surface area contributed by atoms with Gasteiger partial charge >= 0.3 is 0 Å². The van der Waals surface area contributed by atoms with Crippen LogP contribution >= 0.6 is 0 Å². The van der Waals surface area contributed by atoms with E-state index in [4.69, 9.17) is 9.73 Å². The third kappa shape index (κ3) is 4.64. The molecule has 4 N–H and O–H groups in total. The zero-order valence-corrected chi connectivity index (χ0v) is 18.1. The van der Waals surface area contributed by atoms with Crippen LogP contribution in [0.5, 0.6) is 0 Å². The van der Waals surface area contributed by atoms with Gasteiger partial charge < -0.3 is 14.8 Å². The van der Waals surface area contributed by atoms with Crippen molar-refractivity contribution in [3.63, 3.8) is 0 Å². The van der Waals surface area contributed by atoms with Crippen LogP contribution in [-0.2, 0) is 17.8 Å². The molecule has 0 radical (unpaired) electrons. The minimum atomic E-state index is -0.552. The number of benzene rings is 2. The standard InChI is InChI=1S/C25H26N4O3/c1-16-24(17(2)32-29-16)25-21(20-5-3-4-6-22(20)27-25)13-14-26-15-19-9-7-18(8-10-19)11-12-23(30)28-31/h3-12,26-27,31H,13-15H2,1-2H3,(H,28,30)/b12-11+. The summed E-state index contributed by atoms with van der Waals surface area (Å²) in [6.07, 6.45) is 3.79. The van der Waals surface area contributed by atoms with Gasteiger partial charge in [0.2, 0.25) is 0 Å². The Morgan fingerprint density at radius 3 is 2.66 bits per heavy atom. The molecule has 0 fully saturated rings. The Balaban J connectivity index is 1.43. The summed E-state index contributed by atoms with van der Waals surface area (Å²) in [5.41, 5.74) is 8.97. The summed E-state index contributed by atoms with van der Waals surface area (Å²) in [5, 5.41) is 17.4. The molecule has 0 aliphatic carbocycles. The van der Waals surface area contributed by atoms with Gasteiger partial charge in [0.1, 0.15) is 5.76 Å². The van der Waals surface area contributed by atoms with Crippen molar-refractivity contribution in [2.45, 2.75) is 26.8 Å². The van der Waals surface area contributed by atoms with Gasteiger partial charge in [0.05, 0.1) is 17.0 Å². The van der Waals surface area contributed by atoms with Crippen LogP contribution < -0.4 is 10.8 Å². The molecule has 0 saturated carbocycles. The molecule has 2 aromatic carbocycles. The maximum absolute atomic E-state index is 11.1. The average molecular weight is 431 g/mol. The highest BCUT2D eigenvalue weighted by molar-refractivity contribution is 5.91. The molecule has 0 unspecified atom stereocenters. The van der Waals surface area contributed by atoms with Gasteiger partial charge in [-0.05, 0) is 55.6 Å². The number of aryl methyl sites for hydroxylation is 2. The van der Waals surface area contributed by atoms with Gasteiger partial charge in [-0.3, -0.25) is 10.0 Å². The minimum Gasteiger partial charge on any atom is -0.361 e. The molecule has 0 saturated heterocycles. The summed E-state index contributed by atoms with van der Waals surface area (Å²) >= 11 is 0. The lowest BCUT2D eigenvalue weighted by atomic mass is 10.0. The average Bonchev–Trinajstić information content (AvgIpc) is 3.34. The van der Waals surface area contributed by atoms with Gasteiger partial charge in [-0.25, -0.2) is 5.48 Å². The maximum atomic E-state index is 11.1. The third-order valence-corrected chi connectivity index (χ3v) is 5.49. The highest BCUT2D eigenvalue weighted by atomic mass is 16.5. The molecule has 7 heteroatoms. The number of nitrogens with one attached hydrogen (secondary N) is 3. The second kappa shape index (κ2) is 9.64. The van der Waals surface area contributed by atoms with Crippen molar-refractivity contribution in [3.05, 3.63) is 82.8 Å². The van der Waals surface area contributed by atoms with E-state index in [1.807, 2.05) is 44.2 Å². The summed E-state index contributed by atoms with van der Waals surface area (Å²) in [4.78, 5) is 14.6. The lowest BCUT2D eigenvalue weighted by molar-refractivity contribution is -0.124. The Hall–Kier alpha value is -3.68. The highest BCUT2D eigenvalue weighted by Crippen LogP contribution is 2.34. The van der Waals surface area contributed by atoms with Crippen LogP contribution in [0.3, 0.4) is 0 Å². The Morgan fingerprint density at radius 2 is 1.94 bits per heavy atom. The van der Waals surface area contributed by atoms with E-state index in [1.165, 1.54) is 17.0 Å². The molecular formula is C25H26N4O3. The topological polar surface area (TPSA) is 103 Å². The SMILES string of the molecule is Cc1noc(C)c1-c1[nH]c2ccccc2c1CCNCc1ccc(/C=C/C(=O)NO)cc1. The molecule has 0 aliphatic heterocycles. The van der Waals surface area contributed by atoms with E-state index < -0.39 is 5.91 Å². The van der Waals surface area contributed by atoms with Crippen molar-refractivity contribution in [2.24, 2.45) is 0 Å². The number of rotatable bonds is 8. The number of H-pyrrole nitrogens is 1. The summed E-state index contributed by atoms with van der Waals surface area (Å²) in [5.74, 6) is 0.262. The molecule has 4 aromatic rings. The third-order valence-electron chi connectivity index (χ3n) is 5.49. The minimum absolute atomic E-state index is 0.552. The first-order chi connectivity index (χ1) is 15.6. The fourth-order valence-corrected chi connectivity index (χ4v) is 3.91. The van der Waals surface area contributed by atoms with Crippen LogP contribution in [-0.4, -0.2) is 27.8 Å². The fraction of sp³-hybridized carbons (Fsp3) is 0.200. The molecule has 2 aromatic heterocycles. The number of aromatic amines is 1. The fourth-order valence-electron chi connectivity index (χ4n) is 3.91. The number of nitrogens with zero attached hydrogens (tertiary/aromatic N) is 1. The normalized spacial score (nSPS) is 11.5.